The molecule has 1 aromatic rings. The highest BCUT2D eigenvalue weighted by molar-refractivity contribution is 5.95. The quantitative estimate of drug-likeness (QED) is 0.743. The molecule has 0 fully saturated rings. The van der Waals surface area contributed by atoms with Gasteiger partial charge in [-0.3, -0.25) is 4.79 Å². The van der Waals surface area contributed by atoms with Crippen LogP contribution < -0.4 is 5.73 Å². The third-order valence-corrected chi connectivity index (χ3v) is 2.34. The Morgan fingerprint density at radius 1 is 1.43 bits per heavy atom. The lowest BCUT2D eigenvalue weighted by atomic mass is 9.96. The van der Waals surface area contributed by atoms with Crippen LogP contribution >= 0.6 is 0 Å². The van der Waals surface area contributed by atoms with Crippen LogP contribution in [0, 0.1) is 0 Å². The molecule has 0 aromatic heterocycles. The molecule has 0 radical (unpaired) electrons. The largest absolute Gasteiger partial charge is 0.324 e. The predicted molar refractivity (Wildman–Crippen MR) is 58.3 cm³/mol. The number of nitrogens with two attached hydrogens (primary N) is 1. The van der Waals surface area contributed by atoms with Gasteiger partial charge in [-0.2, -0.15) is 0 Å². The van der Waals surface area contributed by atoms with Gasteiger partial charge in [0.1, 0.15) is 0 Å². The maximum Gasteiger partial charge on any atom is 0.160 e. The first-order valence-electron chi connectivity index (χ1n) is 5.02. The van der Waals surface area contributed by atoms with E-state index in [2.05, 4.69) is 6.92 Å². The minimum Gasteiger partial charge on any atom is -0.324 e. The average Bonchev–Trinajstić information content (AvgIpc) is 2.18. The SMILES string of the molecule is CCCC(N)c1ccccc1C(C)=O. The highest BCUT2D eigenvalue weighted by Crippen LogP contribution is 2.20. The smallest absolute Gasteiger partial charge is 0.160 e. The molecule has 1 rings (SSSR count). The predicted octanol–water partition coefficient (Wildman–Crippen LogP) is 2.69. The van der Waals surface area contributed by atoms with Crippen molar-refractivity contribution in [2.75, 3.05) is 0 Å². The summed E-state index contributed by atoms with van der Waals surface area (Å²) in [6.45, 7) is 3.67. The van der Waals surface area contributed by atoms with Crippen LogP contribution in [0.4, 0.5) is 0 Å². The molecule has 0 aliphatic rings. The molecule has 0 heterocycles. The molecule has 1 aromatic carbocycles. The van der Waals surface area contributed by atoms with Crippen molar-refractivity contribution in [2.45, 2.75) is 32.7 Å². The highest BCUT2D eigenvalue weighted by atomic mass is 16.1. The van der Waals surface area contributed by atoms with Crippen molar-refractivity contribution in [2.24, 2.45) is 5.73 Å². The fourth-order valence-electron chi connectivity index (χ4n) is 1.61. The first-order valence-corrected chi connectivity index (χ1v) is 5.02. The summed E-state index contributed by atoms with van der Waals surface area (Å²) in [5.74, 6) is 0.0900. The summed E-state index contributed by atoms with van der Waals surface area (Å²) in [5, 5.41) is 0. The summed E-state index contributed by atoms with van der Waals surface area (Å²) < 4.78 is 0. The zero-order valence-electron chi connectivity index (χ0n) is 8.79. The van der Waals surface area contributed by atoms with Gasteiger partial charge in [0.2, 0.25) is 0 Å². The van der Waals surface area contributed by atoms with Crippen LogP contribution in [0.1, 0.15) is 48.7 Å². The molecule has 2 heteroatoms. The number of carbonyl (C=O) groups excluding carboxylic acids is 1. The van der Waals surface area contributed by atoms with Gasteiger partial charge in [0.15, 0.2) is 5.78 Å². The van der Waals surface area contributed by atoms with Gasteiger partial charge in [0.25, 0.3) is 0 Å². The fraction of sp³-hybridized carbons (Fsp3) is 0.417. The Morgan fingerprint density at radius 2 is 2.07 bits per heavy atom. The lowest BCUT2D eigenvalue weighted by molar-refractivity contribution is 0.101. The maximum absolute atomic E-state index is 11.3. The summed E-state index contributed by atoms with van der Waals surface area (Å²) in [6, 6.07) is 7.57. The van der Waals surface area contributed by atoms with Gasteiger partial charge in [-0.15, -0.1) is 0 Å². The minimum atomic E-state index is -0.0138. The topological polar surface area (TPSA) is 43.1 Å². The first-order chi connectivity index (χ1) is 6.66. The molecule has 0 bridgehead atoms. The van der Waals surface area contributed by atoms with Crippen LogP contribution in [0.2, 0.25) is 0 Å². The van der Waals surface area contributed by atoms with Crippen molar-refractivity contribution in [3.63, 3.8) is 0 Å². The number of Topliss-reactive ketones (excluding diaryl/α,β-unsaturated/α-hetero) is 1. The lowest BCUT2D eigenvalue weighted by Gasteiger charge is -2.13. The van der Waals surface area contributed by atoms with Crippen molar-refractivity contribution in [3.05, 3.63) is 35.4 Å². The normalized spacial score (nSPS) is 12.5. The van der Waals surface area contributed by atoms with E-state index in [0.717, 1.165) is 24.0 Å². The Kier molecular flexibility index (Phi) is 3.84. The van der Waals surface area contributed by atoms with E-state index in [0.29, 0.717) is 0 Å². The molecule has 0 amide bonds. The summed E-state index contributed by atoms with van der Waals surface area (Å²) >= 11 is 0. The van der Waals surface area contributed by atoms with Crippen LogP contribution in [0.5, 0.6) is 0 Å². The molecule has 1 atom stereocenters. The number of rotatable bonds is 4. The van der Waals surface area contributed by atoms with Gasteiger partial charge in [0.05, 0.1) is 0 Å². The summed E-state index contributed by atoms with van der Waals surface area (Å²) in [6.07, 6.45) is 1.96. The molecule has 0 spiro atoms. The van der Waals surface area contributed by atoms with Crippen LogP contribution in [0.25, 0.3) is 0 Å². The van der Waals surface area contributed by atoms with E-state index in [1.54, 1.807) is 6.92 Å². The van der Waals surface area contributed by atoms with Gasteiger partial charge in [-0.05, 0) is 18.9 Å². The second-order valence-corrected chi connectivity index (χ2v) is 3.54. The number of hydrogen-bond acceptors (Lipinski definition) is 2. The van der Waals surface area contributed by atoms with E-state index in [4.69, 9.17) is 5.73 Å². The summed E-state index contributed by atoms with van der Waals surface area (Å²) in [7, 11) is 0. The van der Waals surface area contributed by atoms with Crippen molar-refractivity contribution in [1.82, 2.24) is 0 Å². The Balaban J connectivity index is 3.00. The Bertz CT molecular complexity index is 320. The molecular weight excluding hydrogens is 174 g/mol. The molecule has 1 unspecified atom stereocenters. The second-order valence-electron chi connectivity index (χ2n) is 3.54. The van der Waals surface area contributed by atoms with Crippen molar-refractivity contribution in [1.29, 1.82) is 0 Å². The highest BCUT2D eigenvalue weighted by Gasteiger charge is 2.11. The van der Waals surface area contributed by atoms with Gasteiger partial charge >= 0.3 is 0 Å². The number of ketones is 1. The van der Waals surface area contributed by atoms with Crippen LogP contribution in [0.15, 0.2) is 24.3 Å². The van der Waals surface area contributed by atoms with Crippen LogP contribution in [-0.2, 0) is 0 Å². The van der Waals surface area contributed by atoms with Gasteiger partial charge in [0, 0.05) is 11.6 Å². The van der Waals surface area contributed by atoms with E-state index in [1.165, 1.54) is 0 Å². The Labute approximate surface area is 85.1 Å². The molecule has 76 valence electrons. The third-order valence-electron chi connectivity index (χ3n) is 2.34. The molecule has 0 saturated carbocycles. The van der Waals surface area contributed by atoms with E-state index in [9.17, 15) is 4.79 Å². The summed E-state index contributed by atoms with van der Waals surface area (Å²) in [5.41, 5.74) is 7.72. The number of hydrogen-bond donors (Lipinski definition) is 1. The third kappa shape index (κ3) is 2.42. The van der Waals surface area contributed by atoms with Crippen molar-refractivity contribution in [3.8, 4) is 0 Å². The molecule has 0 aliphatic carbocycles. The lowest BCUT2D eigenvalue weighted by Crippen LogP contribution is -2.13. The van der Waals surface area contributed by atoms with Gasteiger partial charge in [-0.1, -0.05) is 37.6 Å². The van der Waals surface area contributed by atoms with Crippen LogP contribution in [-0.4, -0.2) is 5.78 Å². The number of benzene rings is 1. The molecule has 0 aliphatic heterocycles. The molecule has 0 saturated heterocycles. The second kappa shape index (κ2) is 4.91. The van der Waals surface area contributed by atoms with E-state index in [1.807, 2.05) is 24.3 Å². The standard InChI is InChI=1S/C12H17NO/c1-3-6-12(13)11-8-5-4-7-10(11)9(2)14/h4-5,7-8,12H,3,6,13H2,1-2H3. The van der Waals surface area contributed by atoms with Crippen molar-refractivity contribution >= 4 is 5.78 Å². The van der Waals surface area contributed by atoms with E-state index in [-0.39, 0.29) is 11.8 Å². The molecule has 2 N–H and O–H groups in total. The monoisotopic (exact) mass is 191 g/mol. The average molecular weight is 191 g/mol. The summed E-state index contributed by atoms with van der Waals surface area (Å²) in [4.78, 5) is 11.3. The first kappa shape index (κ1) is 10.9. The molecular formula is C12H17NO. The van der Waals surface area contributed by atoms with Gasteiger partial charge < -0.3 is 5.73 Å². The van der Waals surface area contributed by atoms with Crippen LogP contribution in [0.3, 0.4) is 0 Å². The maximum atomic E-state index is 11.3. The Morgan fingerprint density at radius 3 is 2.64 bits per heavy atom. The van der Waals surface area contributed by atoms with E-state index >= 15 is 0 Å². The zero-order valence-corrected chi connectivity index (χ0v) is 8.79. The van der Waals surface area contributed by atoms with Gasteiger partial charge in [-0.25, -0.2) is 0 Å². The number of carbonyl (C=O) groups is 1. The Hall–Kier alpha value is -1.15. The molecule has 2 nitrogen and oxygen atoms in total. The zero-order chi connectivity index (χ0) is 10.6. The minimum absolute atomic E-state index is 0.0138. The fourth-order valence-corrected chi connectivity index (χ4v) is 1.61. The van der Waals surface area contributed by atoms with E-state index < -0.39 is 0 Å². The molecule has 14 heavy (non-hydrogen) atoms. The van der Waals surface area contributed by atoms with Crippen molar-refractivity contribution < 1.29 is 4.79 Å².